The zero-order valence-corrected chi connectivity index (χ0v) is 9.14. The van der Waals surface area contributed by atoms with Crippen LogP contribution >= 0.6 is 22.9 Å². The quantitative estimate of drug-likeness (QED) is 0.855. The SMILES string of the molecule is Cc1cn(Cc2scnc2Cl)nc1N. The molecule has 2 aromatic heterocycles. The summed E-state index contributed by atoms with van der Waals surface area (Å²) < 4.78 is 1.77. The molecule has 2 N–H and O–H groups in total. The van der Waals surface area contributed by atoms with Gasteiger partial charge in [0.05, 0.1) is 16.9 Å². The van der Waals surface area contributed by atoms with E-state index in [0.29, 0.717) is 17.5 Å². The minimum absolute atomic E-state index is 0.543. The second-order valence-corrected chi connectivity index (χ2v) is 4.26. The van der Waals surface area contributed by atoms with Crippen LogP contribution in [0.5, 0.6) is 0 Å². The van der Waals surface area contributed by atoms with Gasteiger partial charge in [-0.2, -0.15) is 5.10 Å². The van der Waals surface area contributed by atoms with Crippen LogP contribution in [-0.4, -0.2) is 14.8 Å². The summed E-state index contributed by atoms with van der Waals surface area (Å²) in [6, 6.07) is 0. The van der Waals surface area contributed by atoms with Crippen molar-refractivity contribution in [2.75, 3.05) is 5.73 Å². The molecule has 0 saturated heterocycles. The highest BCUT2D eigenvalue weighted by molar-refractivity contribution is 7.10. The molecule has 0 atom stereocenters. The molecule has 0 aromatic carbocycles. The summed E-state index contributed by atoms with van der Waals surface area (Å²) in [4.78, 5) is 4.95. The lowest BCUT2D eigenvalue weighted by atomic mass is 10.4. The molecule has 0 aliphatic heterocycles. The van der Waals surface area contributed by atoms with Gasteiger partial charge in [-0.1, -0.05) is 11.6 Å². The number of aromatic nitrogens is 3. The Morgan fingerprint density at radius 2 is 2.43 bits per heavy atom. The fraction of sp³-hybridized carbons (Fsp3) is 0.250. The second-order valence-electron chi connectivity index (χ2n) is 2.96. The van der Waals surface area contributed by atoms with E-state index in [-0.39, 0.29) is 0 Å². The highest BCUT2D eigenvalue weighted by Gasteiger charge is 2.06. The monoisotopic (exact) mass is 228 g/mol. The van der Waals surface area contributed by atoms with Gasteiger partial charge in [-0.05, 0) is 6.92 Å². The van der Waals surface area contributed by atoms with Crippen LogP contribution in [0, 0.1) is 6.92 Å². The van der Waals surface area contributed by atoms with Crippen LogP contribution in [0.4, 0.5) is 5.82 Å². The van der Waals surface area contributed by atoms with Crippen LogP contribution in [-0.2, 0) is 6.54 Å². The number of thiazole rings is 1. The van der Waals surface area contributed by atoms with Gasteiger partial charge < -0.3 is 5.73 Å². The second kappa shape index (κ2) is 3.59. The van der Waals surface area contributed by atoms with E-state index in [0.717, 1.165) is 10.4 Å². The molecule has 0 amide bonds. The predicted molar refractivity (Wildman–Crippen MR) is 57.6 cm³/mol. The number of nitrogens with zero attached hydrogens (tertiary/aromatic N) is 3. The lowest BCUT2D eigenvalue weighted by molar-refractivity contribution is 0.697. The number of hydrogen-bond donors (Lipinski definition) is 1. The number of rotatable bonds is 2. The molecule has 0 radical (unpaired) electrons. The molecule has 6 heteroatoms. The maximum Gasteiger partial charge on any atom is 0.148 e. The Labute approximate surface area is 90.3 Å². The third-order valence-electron chi connectivity index (χ3n) is 1.88. The first-order valence-electron chi connectivity index (χ1n) is 4.04. The van der Waals surface area contributed by atoms with Gasteiger partial charge in [-0.25, -0.2) is 4.98 Å². The fourth-order valence-electron chi connectivity index (χ4n) is 1.12. The third kappa shape index (κ3) is 1.73. The Morgan fingerprint density at radius 1 is 1.64 bits per heavy atom. The Kier molecular flexibility index (Phi) is 2.43. The smallest absolute Gasteiger partial charge is 0.148 e. The van der Waals surface area contributed by atoms with Crippen molar-refractivity contribution < 1.29 is 0 Å². The predicted octanol–water partition coefficient (Wildman–Crippen LogP) is 1.93. The maximum absolute atomic E-state index is 5.86. The fourth-order valence-corrected chi connectivity index (χ4v) is 2.07. The topological polar surface area (TPSA) is 56.7 Å². The molecule has 2 rings (SSSR count). The maximum atomic E-state index is 5.86. The van der Waals surface area contributed by atoms with Crippen molar-refractivity contribution in [1.82, 2.24) is 14.8 Å². The normalized spacial score (nSPS) is 10.7. The average molecular weight is 229 g/mol. The first-order valence-corrected chi connectivity index (χ1v) is 5.30. The summed E-state index contributed by atoms with van der Waals surface area (Å²) in [5.74, 6) is 0.561. The Hall–Kier alpha value is -1.07. The molecule has 0 aliphatic rings. The number of nitrogen functional groups attached to an aromatic ring is 1. The standard InChI is InChI=1S/C8H9ClN4S/c1-5-2-13(12-8(5)10)3-6-7(9)11-4-14-6/h2,4H,3H2,1H3,(H2,10,12). The van der Waals surface area contributed by atoms with Crippen molar-refractivity contribution in [3.8, 4) is 0 Å². The summed E-state index contributed by atoms with van der Waals surface area (Å²) in [5, 5.41) is 4.68. The first-order chi connectivity index (χ1) is 6.66. The van der Waals surface area contributed by atoms with Crippen LogP contribution in [0.3, 0.4) is 0 Å². The zero-order valence-electron chi connectivity index (χ0n) is 7.57. The van der Waals surface area contributed by atoms with E-state index in [1.807, 2.05) is 13.1 Å². The van der Waals surface area contributed by atoms with Gasteiger partial charge in [0.15, 0.2) is 0 Å². The van der Waals surface area contributed by atoms with Crippen molar-refractivity contribution in [3.63, 3.8) is 0 Å². The van der Waals surface area contributed by atoms with E-state index in [1.165, 1.54) is 11.3 Å². The lowest BCUT2D eigenvalue weighted by Crippen LogP contribution is -1.99. The van der Waals surface area contributed by atoms with Crippen LogP contribution in [0.1, 0.15) is 10.4 Å². The number of hydrogen-bond acceptors (Lipinski definition) is 4. The summed E-state index contributed by atoms with van der Waals surface area (Å²) in [5.41, 5.74) is 8.33. The van der Waals surface area contributed by atoms with Gasteiger partial charge in [-0.3, -0.25) is 4.68 Å². The van der Waals surface area contributed by atoms with Gasteiger partial charge in [-0.15, -0.1) is 11.3 Å². The number of anilines is 1. The summed E-state index contributed by atoms with van der Waals surface area (Å²) in [6.45, 7) is 2.55. The van der Waals surface area contributed by atoms with Crippen molar-refractivity contribution >= 4 is 28.8 Å². The first kappa shape index (κ1) is 9.48. The van der Waals surface area contributed by atoms with Crippen molar-refractivity contribution in [1.29, 1.82) is 0 Å². The van der Waals surface area contributed by atoms with Gasteiger partial charge in [0.2, 0.25) is 0 Å². The summed E-state index contributed by atoms with van der Waals surface area (Å²) in [6.07, 6.45) is 1.89. The highest BCUT2D eigenvalue weighted by Crippen LogP contribution is 2.20. The largest absolute Gasteiger partial charge is 0.382 e. The summed E-state index contributed by atoms with van der Waals surface area (Å²) >= 11 is 7.38. The molecule has 2 heterocycles. The molecular formula is C8H9ClN4S. The molecule has 14 heavy (non-hydrogen) atoms. The van der Waals surface area contributed by atoms with E-state index in [9.17, 15) is 0 Å². The Balaban J connectivity index is 2.23. The van der Waals surface area contributed by atoms with Gasteiger partial charge >= 0.3 is 0 Å². The van der Waals surface area contributed by atoms with E-state index in [2.05, 4.69) is 10.1 Å². The van der Waals surface area contributed by atoms with Crippen LogP contribution in [0.25, 0.3) is 0 Å². The molecule has 0 fully saturated rings. The third-order valence-corrected chi connectivity index (χ3v) is 3.14. The van der Waals surface area contributed by atoms with E-state index in [1.54, 1.807) is 10.2 Å². The summed E-state index contributed by atoms with van der Waals surface area (Å²) in [7, 11) is 0. The molecular weight excluding hydrogens is 220 g/mol. The van der Waals surface area contributed by atoms with Crippen LogP contribution in [0.2, 0.25) is 5.15 Å². The van der Waals surface area contributed by atoms with Crippen LogP contribution < -0.4 is 5.73 Å². The van der Waals surface area contributed by atoms with Crippen molar-refractivity contribution in [2.24, 2.45) is 0 Å². The molecule has 0 saturated carbocycles. The minimum atomic E-state index is 0.543. The van der Waals surface area contributed by atoms with E-state index < -0.39 is 0 Å². The number of nitrogens with two attached hydrogens (primary N) is 1. The highest BCUT2D eigenvalue weighted by atomic mass is 35.5. The van der Waals surface area contributed by atoms with E-state index >= 15 is 0 Å². The van der Waals surface area contributed by atoms with Gasteiger partial charge in [0, 0.05) is 11.8 Å². The molecule has 0 spiro atoms. The molecule has 0 unspecified atom stereocenters. The van der Waals surface area contributed by atoms with Crippen molar-refractivity contribution in [2.45, 2.75) is 13.5 Å². The Morgan fingerprint density at radius 3 is 2.93 bits per heavy atom. The number of aryl methyl sites for hydroxylation is 1. The van der Waals surface area contributed by atoms with Gasteiger partial charge in [0.1, 0.15) is 11.0 Å². The zero-order chi connectivity index (χ0) is 10.1. The Bertz CT molecular complexity index is 428. The van der Waals surface area contributed by atoms with Gasteiger partial charge in [0.25, 0.3) is 0 Å². The number of halogens is 1. The average Bonchev–Trinajstić information content (AvgIpc) is 2.63. The minimum Gasteiger partial charge on any atom is -0.382 e. The van der Waals surface area contributed by atoms with Crippen LogP contribution in [0.15, 0.2) is 11.7 Å². The van der Waals surface area contributed by atoms with Crippen molar-refractivity contribution in [3.05, 3.63) is 27.3 Å². The lowest BCUT2D eigenvalue weighted by Gasteiger charge is -1.97. The van der Waals surface area contributed by atoms with E-state index in [4.69, 9.17) is 17.3 Å². The molecule has 0 bridgehead atoms. The molecule has 2 aromatic rings. The molecule has 0 aliphatic carbocycles. The molecule has 74 valence electrons. The molecule has 4 nitrogen and oxygen atoms in total.